The van der Waals surface area contributed by atoms with Crippen LogP contribution in [0.4, 0.5) is 0 Å². The van der Waals surface area contributed by atoms with E-state index in [2.05, 4.69) is 4.98 Å². The van der Waals surface area contributed by atoms with Crippen molar-refractivity contribution in [1.29, 1.82) is 0 Å². The third-order valence-electron chi connectivity index (χ3n) is 1.58. The van der Waals surface area contributed by atoms with E-state index in [-0.39, 0.29) is 6.42 Å². The van der Waals surface area contributed by atoms with Gasteiger partial charge in [0.15, 0.2) is 0 Å². The fourth-order valence-electron chi connectivity index (χ4n) is 1.03. The summed E-state index contributed by atoms with van der Waals surface area (Å²) in [5.74, 6) is -0.764. The van der Waals surface area contributed by atoms with Crippen molar-refractivity contribution >= 4 is 17.3 Å². The van der Waals surface area contributed by atoms with Crippen LogP contribution >= 0.6 is 11.3 Å². The summed E-state index contributed by atoms with van der Waals surface area (Å²) >= 11 is 1.62. The lowest BCUT2D eigenvalue weighted by molar-refractivity contribution is -0.136. The first-order valence-corrected chi connectivity index (χ1v) is 4.56. The summed E-state index contributed by atoms with van der Waals surface area (Å²) in [6.45, 7) is 3.91. The number of aliphatic carboxylic acids is 1. The van der Waals surface area contributed by atoms with Gasteiger partial charge in [-0.1, -0.05) is 0 Å². The number of carboxylic acid groups (broad SMARTS) is 1. The molecule has 0 aliphatic heterocycles. The van der Waals surface area contributed by atoms with Gasteiger partial charge in [0, 0.05) is 11.3 Å². The molecule has 0 aliphatic carbocycles. The van der Waals surface area contributed by atoms with Gasteiger partial charge in [-0.2, -0.15) is 0 Å². The van der Waals surface area contributed by atoms with Gasteiger partial charge in [-0.25, -0.2) is 4.98 Å². The number of hydrogen-bond acceptors (Lipinski definition) is 3. The normalized spacial score (nSPS) is 10.2. The van der Waals surface area contributed by atoms with E-state index in [1.54, 1.807) is 11.3 Å². The average Bonchev–Trinajstić information content (AvgIpc) is 2.26. The lowest BCUT2D eigenvalue weighted by Crippen LogP contribution is -1.98. The first kappa shape index (κ1) is 9.19. The van der Waals surface area contributed by atoms with Gasteiger partial charge < -0.3 is 5.11 Å². The maximum Gasteiger partial charge on any atom is 0.303 e. The van der Waals surface area contributed by atoms with Crippen LogP contribution in [0.1, 0.15) is 22.0 Å². The van der Waals surface area contributed by atoms with Crippen LogP contribution in [0.3, 0.4) is 0 Å². The number of thiazole rings is 1. The Bertz CT molecular complexity index is 293. The van der Waals surface area contributed by atoms with Crippen LogP contribution in [0.5, 0.6) is 0 Å². The number of aryl methyl sites for hydroxylation is 3. The summed E-state index contributed by atoms with van der Waals surface area (Å²) in [6.07, 6.45) is 0.718. The molecule has 0 aromatic carbocycles. The van der Waals surface area contributed by atoms with Gasteiger partial charge in [-0.3, -0.25) is 4.79 Å². The van der Waals surface area contributed by atoms with Crippen molar-refractivity contribution in [3.63, 3.8) is 0 Å². The van der Waals surface area contributed by atoms with Crippen molar-refractivity contribution in [3.05, 3.63) is 15.6 Å². The van der Waals surface area contributed by atoms with E-state index in [9.17, 15) is 4.79 Å². The highest BCUT2D eigenvalue weighted by Gasteiger charge is 2.06. The quantitative estimate of drug-likeness (QED) is 0.780. The molecule has 0 saturated carbocycles. The number of rotatable bonds is 3. The lowest BCUT2D eigenvalue weighted by Gasteiger charge is -1.93. The molecule has 66 valence electrons. The number of hydrogen-bond donors (Lipinski definition) is 1. The van der Waals surface area contributed by atoms with Gasteiger partial charge in [0.25, 0.3) is 0 Å². The molecule has 4 heteroatoms. The third kappa shape index (κ3) is 2.30. The Morgan fingerprint density at radius 1 is 1.58 bits per heavy atom. The topological polar surface area (TPSA) is 50.2 Å². The van der Waals surface area contributed by atoms with Crippen LogP contribution in [0, 0.1) is 13.8 Å². The van der Waals surface area contributed by atoms with E-state index in [4.69, 9.17) is 5.11 Å². The minimum Gasteiger partial charge on any atom is -0.481 e. The van der Waals surface area contributed by atoms with Gasteiger partial charge in [0.05, 0.1) is 17.1 Å². The predicted molar refractivity (Wildman–Crippen MR) is 47.5 cm³/mol. The lowest BCUT2D eigenvalue weighted by atomic mass is 10.2. The molecule has 0 atom stereocenters. The first-order valence-electron chi connectivity index (χ1n) is 3.74. The molecule has 1 N–H and O–H groups in total. The second-order valence-corrected chi connectivity index (χ2v) is 4.04. The summed E-state index contributed by atoms with van der Waals surface area (Å²) in [6, 6.07) is 0. The van der Waals surface area contributed by atoms with E-state index in [0.29, 0.717) is 6.42 Å². The van der Waals surface area contributed by atoms with Crippen molar-refractivity contribution in [2.45, 2.75) is 26.7 Å². The van der Waals surface area contributed by atoms with E-state index in [1.165, 1.54) is 0 Å². The molecule has 12 heavy (non-hydrogen) atoms. The number of carbonyl (C=O) groups is 1. The Morgan fingerprint density at radius 2 is 2.25 bits per heavy atom. The zero-order chi connectivity index (χ0) is 9.14. The van der Waals surface area contributed by atoms with Crippen molar-refractivity contribution in [2.75, 3.05) is 0 Å². The van der Waals surface area contributed by atoms with Crippen LogP contribution in [0.25, 0.3) is 0 Å². The van der Waals surface area contributed by atoms with E-state index >= 15 is 0 Å². The third-order valence-corrected chi connectivity index (χ3v) is 2.50. The van der Waals surface area contributed by atoms with Gasteiger partial charge in [0.1, 0.15) is 0 Å². The molecule has 0 amide bonds. The van der Waals surface area contributed by atoms with Gasteiger partial charge >= 0.3 is 5.97 Å². The largest absolute Gasteiger partial charge is 0.481 e. The number of aromatic nitrogens is 1. The minimum atomic E-state index is -0.764. The van der Waals surface area contributed by atoms with E-state index < -0.39 is 5.97 Å². The Labute approximate surface area is 75.1 Å². The fraction of sp³-hybridized carbons (Fsp3) is 0.500. The predicted octanol–water partition coefficient (Wildman–Crippen LogP) is 1.78. The second-order valence-electron chi connectivity index (χ2n) is 2.63. The van der Waals surface area contributed by atoms with Crippen LogP contribution in [-0.4, -0.2) is 16.1 Å². The van der Waals surface area contributed by atoms with Crippen molar-refractivity contribution in [1.82, 2.24) is 4.98 Å². The summed E-state index contributed by atoms with van der Waals surface area (Å²) in [7, 11) is 0. The molecule has 1 heterocycles. The first-order chi connectivity index (χ1) is 5.59. The second kappa shape index (κ2) is 3.67. The van der Waals surface area contributed by atoms with E-state index in [1.807, 2.05) is 13.8 Å². The van der Waals surface area contributed by atoms with Crippen molar-refractivity contribution < 1.29 is 9.90 Å². The molecule has 1 rings (SSSR count). The average molecular weight is 185 g/mol. The molecule has 1 aromatic heterocycles. The summed E-state index contributed by atoms with van der Waals surface area (Å²) < 4.78 is 0. The van der Waals surface area contributed by atoms with Crippen molar-refractivity contribution in [3.8, 4) is 0 Å². The van der Waals surface area contributed by atoms with Crippen molar-refractivity contribution in [2.24, 2.45) is 0 Å². The molecule has 0 bridgehead atoms. The fourth-order valence-corrected chi connectivity index (χ4v) is 1.89. The smallest absolute Gasteiger partial charge is 0.303 e. The highest BCUT2D eigenvalue weighted by molar-refractivity contribution is 7.11. The number of nitrogens with zero attached hydrogens (tertiary/aromatic N) is 1. The van der Waals surface area contributed by atoms with Gasteiger partial charge in [-0.05, 0) is 13.8 Å². The Balaban J connectivity index is 2.62. The van der Waals surface area contributed by atoms with Crippen LogP contribution in [-0.2, 0) is 11.2 Å². The highest BCUT2D eigenvalue weighted by Crippen LogP contribution is 2.17. The molecule has 0 unspecified atom stereocenters. The molecule has 0 radical (unpaired) electrons. The zero-order valence-electron chi connectivity index (χ0n) is 7.13. The Hall–Kier alpha value is -0.900. The Morgan fingerprint density at radius 3 is 2.67 bits per heavy atom. The summed E-state index contributed by atoms with van der Waals surface area (Å²) in [4.78, 5) is 15.6. The monoisotopic (exact) mass is 185 g/mol. The molecular formula is C8H11NO2S. The maximum atomic E-state index is 10.3. The number of carboxylic acids is 1. The molecule has 0 spiro atoms. The highest BCUT2D eigenvalue weighted by atomic mass is 32.1. The van der Waals surface area contributed by atoms with Gasteiger partial charge in [0.2, 0.25) is 0 Å². The van der Waals surface area contributed by atoms with Crippen LogP contribution in [0.2, 0.25) is 0 Å². The SMILES string of the molecule is Cc1nc(CCC(=O)O)c(C)s1. The Kier molecular flexibility index (Phi) is 2.81. The molecule has 0 saturated heterocycles. The zero-order valence-corrected chi connectivity index (χ0v) is 7.94. The van der Waals surface area contributed by atoms with Gasteiger partial charge in [-0.15, -0.1) is 11.3 Å². The molecule has 0 fully saturated rings. The summed E-state index contributed by atoms with van der Waals surface area (Å²) in [5.41, 5.74) is 0.930. The molecule has 3 nitrogen and oxygen atoms in total. The molecule has 0 aliphatic rings. The molecule has 1 aromatic rings. The van der Waals surface area contributed by atoms with Crippen LogP contribution in [0.15, 0.2) is 0 Å². The molecular weight excluding hydrogens is 174 g/mol. The van der Waals surface area contributed by atoms with E-state index in [0.717, 1.165) is 15.6 Å². The minimum absolute atomic E-state index is 0.171. The summed E-state index contributed by atoms with van der Waals surface area (Å²) in [5, 5.41) is 9.46. The standard InChI is InChI=1S/C8H11NO2S/c1-5-7(3-4-8(10)11)9-6(2)12-5/h3-4H2,1-2H3,(H,10,11). The maximum absolute atomic E-state index is 10.3. The van der Waals surface area contributed by atoms with Crippen LogP contribution < -0.4 is 0 Å².